The second kappa shape index (κ2) is 7.81. The SMILES string of the molecule is CCOC(COC)C(=O)OCc1ccccc1. The summed E-state index contributed by atoms with van der Waals surface area (Å²) in [6.45, 7) is 2.75. The van der Waals surface area contributed by atoms with E-state index in [2.05, 4.69) is 0 Å². The van der Waals surface area contributed by atoms with Crippen molar-refractivity contribution in [2.24, 2.45) is 0 Å². The molecule has 0 saturated heterocycles. The van der Waals surface area contributed by atoms with Gasteiger partial charge < -0.3 is 14.2 Å². The fraction of sp³-hybridized carbons (Fsp3) is 0.462. The van der Waals surface area contributed by atoms with Crippen molar-refractivity contribution in [1.82, 2.24) is 0 Å². The normalized spacial score (nSPS) is 12.1. The van der Waals surface area contributed by atoms with Crippen LogP contribution < -0.4 is 0 Å². The molecule has 0 fully saturated rings. The Kier molecular flexibility index (Phi) is 6.29. The van der Waals surface area contributed by atoms with Gasteiger partial charge in [-0.3, -0.25) is 0 Å². The Morgan fingerprint density at radius 3 is 2.59 bits per heavy atom. The van der Waals surface area contributed by atoms with Crippen LogP contribution in [0.15, 0.2) is 30.3 Å². The second-order valence-electron chi connectivity index (χ2n) is 3.49. The second-order valence-corrected chi connectivity index (χ2v) is 3.49. The lowest BCUT2D eigenvalue weighted by Gasteiger charge is -2.14. The Bertz CT molecular complexity index is 317. The first-order valence-electron chi connectivity index (χ1n) is 5.59. The number of hydrogen-bond donors (Lipinski definition) is 0. The number of ether oxygens (including phenoxy) is 3. The summed E-state index contributed by atoms with van der Waals surface area (Å²) in [5, 5.41) is 0. The Labute approximate surface area is 101 Å². The van der Waals surface area contributed by atoms with Crippen molar-refractivity contribution in [1.29, 1.82) is 0 Å². The van der Waals surface area contributed by atoms with Crippen molar-refractivity contribution in [2.75, 3.05) is 20.3 Å². The third-order valence-electron chi connectivity index (χ3n) is 2.17. The summed E-state index contributed by atoms with van der Waals surface area (Å²) in [4.78, 5) is 11.7. The molecule has 0 heterocycles. The van der Waals surface area contributed by atoms with E-state index in [4.69, 9.17) is 14.2 Å². The van der Waals surface area contributed by atoms with Crippen molar-refractivity contribution < 1.29 is 19.0 Å². The summed E-state index contributed by atoms with van der Waals surface area (Å²) >= 11 is 0. The van der Waals surface area contributed by atoms with Crippen LogP contribution in [0.1, 0.15) is 12.5 Å². The van der Waals surface area contributed by atoms with E-state index in [0.29, 0.717) is 6.61 Å². The first-order chi connectivity index (χ1) is 8.27. The molecule has 1 aromatic carbocycles. The molecule has 0 amide bonds. The summed E-state index contributed by atoms with van der Waals surface area (Å²) in [5.74, 6) is -0.391. The smallest absolute Gasteiger partial charge is 0.338 e. The topological polar surface area (TPSA) is 44.8 Å². The predicted molar refractivity (Wildman–Crippen MR) is 63.5 cm³/mol. The van der Waals surface area contributed by atoms with Crippen LogP contribution >= 0.6 is 0 Å². The van der Waals surface area contributed by atoms with Gasteiger partial charge >= 0.3 is 5.97 Å². The number of methoxy groups -OCH3 is 1. The molecule has 0 aliphatic heterocycles. The van der Waals surface area contributed by atoms with Crippen LogP contribution in [0.3, 0.4) is 0 Å². The number of esters is 1. The van der Waals surface area contributed by atoms with Crippen LogP contribution in [0, 0.1) is 0 Å². The van der Waals surface area contributed by atoms with E-state index < -0.39 is 12.1 Å². The van der Waals surface area contributed by atoms with Gasteiger partial charge in [-0.05, 0) is 12.5 Å². The zero-order valence-electron chi connectivity index (χ0n) is 10.2. The third-order valence-corrected chi connectivity index (χ3v) is 2.17. The Morgan fingerprint density at radius 1 is 1.29 bits per heavy atom. The van der Waals surface area contributed by atoms with Crippen LogP contribution in [0.2, 0.25) is 0 Å². The molecule has 1 aromatic rings. The van der Waals surface area contributed by atoms with Gasteiger partial charge in [0, 0.05) is 13.7 Å². The number of carbonyl (C=O) groups is 1. The quantitative estimate of drug-likeness (QED) is 0.679. The zero-order valence-corrected chi connectivity index (χ0v) is 10.2. The summed E-state index contributed by atoms with van der Waals surface area (Å²) in [5.41, 5.74) is 0.952. The standard InChI is InChI=1S/C13H18O4/c1-3-16-12(10-15-2)13(14)17-9-11-7-5-4-6-8-11/h4-8,12H,3,9-10H2,1-2H3. The third kappa shape index (κ3) is 4.97. The number of benzene rings is 1. The molecule has 0 N–H and O–H groups in total. The van der Waals surface area contributed by atoms with Gasteiger partial charge in [-0.2, -0.15) is 0 Å². The van der Waals surface area contributed by atoms with Crippen LogP contribution in [0.25, 0.3) is 0 Å². The average molecular weight is 238 g/mol. The van der Waals surface area contributed by atoms with Crippen LogP contribution in [0.4, 0.5) is 0 Å². The number of rotatable bonds is 7. The fourth-order valence-corrected chi connectivity index (χ4v) is 1.36. The molecule has 4 nitrogen and oxygen atoms in total. The average Bonchev–Trinajstić information content (AvgIpc) is 2.37. The monoisotopic (exact) mass is 238 g/mol. The zero-order chi connectivity index (χ0) is 12.5. The predicted octanol–water partition coefficient (Wildman–Crippen LogP) is 1.78. The first kappa shape index (κ1) is 13.7. The highest BCUT2D eigenvalue weighted by Gasteiger charge is 2.19. The van der Waals surface area contributed by atoms with E-state index in [-0.39, 0.29) is 13.2 Å². The minimum atomic E-state index is -0.645. The first-order valence-corrected chi connectivity index (χ1v) is 5.59. The van der Waals surface area contributed by atoms with Gasteiger partial charge in [0.1, 0.15) is 6.61 Å². The molecule has 17 heavy (non-hydrogen) atoms. The van der Waals surface area contributed by atoms with Crippen molar-refractivity contribution in [3.8, 4) is 0 Å². The maximum atomic E-state index is 11.7. The maximum absolute atomic E-state index is 11.7. The molecule has 0 saturated carbocycles. The molecular weight excluding hydrogens is 220 g/mol. The van der Waals surface area contributed by atoms with Gasteiger partial charge in [-0.25, -0.2) is 4.79 Å². The lowest BCUT2D eigenvalue weighted by Crippen LogP contribution is -2.30. The summed E-state index contributed by atoms with van der Waals surface area (Å²) < 4.78 is 15.3. The summed E-state index contributed by atoms with van der Waals surface area (Å²) in [7, 11) is 1.52. The molecule has 1 rings (SSSR count). The van der Waals surface area contributed by atoms with Crippen molar-refractivity contribution >= 4 is 5.97 Å². The molecule has 1 atom stereocenters. The maximum Gasteiger partial charge on any atom is 0.338 e. The van der Waals surface area contributed by atoms with Gasteiger partial charge in [-0.1, -0.05) is 30.3 Å². The minimum absolute atomic E-state index is 0.210. The lowest BCUT2D eigenvalue weighted by molar-refractivity contribution is -0.161. The molecule has 94 valence electrons. The van der Waals surface area contributed by atoms with Crippen LogP contribution in [0.5, 0.6) is 0 Å². The Balaban J connectivity index is 2.41. The molecule has 0 bridgehead atoms. The van der Waals surface area contributed by atoms with Crippen molar-refractivity contribution in [3.05, 3.63) is 35.9 Å². The fourth-order valence-electron chi connectivity index (χ4n) is 1.36. The van der Waals surface area contributed by atoms with E-state index in [1.807, 2.05) is 37.3 Å². The van der Waals surface area contributed by atoms with Gasteiger partial charge in [0.2, 0.25) is 0 Å². The van der Waals surface area contributed by atoms with Gasteiger partial charge in [0.15, 0.2) is 6.10 Å². The van der Waals surface area contributed by atoms with E-state index >= 15 is 0 Å². The number of carbonyl (C=O) groups excluding carboxylic acids is 1. The Morgan fingerprint density at radius 2 is 2.00 bits per heavy atom. The van der Waals surface area contributed by atoms with Gasteiger partial charge in [0.05, 0.1) is 6.61 Å². The molecule has 0 aliphatic carbocycles. The molecule has 0 aliphatic rings. The molecular formula is C13H18O4. The van der Waals surface area contributed by atoms with Crippen molar-refractivity contribution in [3.63, 3.8) is 0 Å². The molecule has 4 heteroatoms. The summed E-state index contributed by atoms with van der Waals surface area (Å²) in [6.07, 6.45) is -0.645. The largest absolute Gasteiger partial charge is 0.459 e. The van der Waals surface area contributed by atoms with Gasteiger partial charge in [-0.15, -0.1) is 0 Å². The van der Waals surface area contributed by atoms with E-state index in [0.717, 1.165) is 5.56 Å². The highest BCUT2D eigenvalue weighted by molar-refractivity contribution is 5.74. The molecule has 0 spiro atoms. The van der Waals surface area contributed by atoms with Crippen LogP contribution in [-0.2, 0) is 25.6 Å². The van der Waals surface area contributed by atoms with E-state index in [9.17, 15) is 4.79 Å². The molecule has 1 unspecified atom stereocenters. The number of hydrogen-bond acceptors (Lipinski definition) is 4. The van der Waals surface area contributed by atoms with E-state index in [1.54, 1.807) is 0 Å². The van der Waals surface area contributed by atoms with Crippen LogP contribution in [-0.4, -0.2) is 32.4 Å². The highest BCUT2D eigenvalue weighted by Crippen LogP contribution is 2.03. The Hall–Kier alpha value is -1.39. The lowest BCUT2D eigenvalue weighted by atomic mass is 10.2. The van der Waals surface area contributed by atoms with Gasteiger partial charge in [0.25, 0.3) is 0 Å². The minimum Gasteiger partial charge on any atom is -0.459 e. The molecule has 0 aromatic heterocycles. The highest BCUT2D eigenvalue weighted by atomic mass is 16.6. The van der Waals surface area contributed by atoms with E-state index in [1.165, 1.54) is 7.11 Å². The molecule has 0 radical (unpaired) electrons. The van der Waals surface area contributed by atoms with Crippen molar-refractivity contribution in [2.45, 2.75) is 19.6 Å². The summed E-state index contributed by atoms with van der Waals surface area (Å²) in [6, 6.07) is 9.52.